The number of halogens is 1. The molecule has 1 aromatic carbocycles. The van der Waals surface area contributed by atoms with Crippen molar-refractivity contribution >= 4 is 23.8 Å². The number of aryl methyl sites for hydroxylation is 1. The van der Waals surface area contributed by atoms with Gasteiger partial charge in [-0.3, -0.25) is 9.67 Å². The standard InChI is InChI=1S/C12H14ClN3OS/c1-8-7-9(3-4-10(8)13)11-14-15-12(18)16(11)5-6-17-2/h3-4,7H,5-6H2,1-2H3,(H,15,18). The number of hydrogen-bond acceptors (Lipinski definition) is 3. The molecule has 0 unspecified atom stereocenters. The molecule has 1 N–H and O–H groups in total. The zero-order chi connectivity index (χ0) is 13.1. The van der Waals surface area contributed by atoms with Crippen molar-refractivity contribution in [3.8, 4) is 11.4 Å². The first-order valence-electron chi connectivity index (χ1n) is 5.54. The summed E-state index contributed by atoms with van der Waals surface area (Å²) in [5.41, 5.74) is 2.00. The maximum absolute atomic E-state index is 6.02. The number of aromatic amines is 1. The van der Waals surface area contributed by atoms with Gasteiger partial charge in [0.2, 0.25) is 0 Å². The molecule has 96 valence electrons. The summed E-state index contributed by atoms with van der Waals surface area (Å²) >= 11 is 11.2. The molecule has 6 heteroatoms. The van der Waals surface area contributed by atoms with Gasteiger partial charge in [0, 0.05) is 17.7 Å². The smallest absolute Gasteiger partial charge is 0.195 e. The van der Waals surface area contributed by atoms with Crippen molar-refractivity contribution in [1.29, 1.82) is 0 Å². The van der Waals surface area contributed by atoms with Gasteiger partial charge < -0.3 is 4.74 Å². The normalized spacial score (nSPS) is 10.8. The van der Waals surface area contributed by atoms with Crippen molar-refractivity contribution in [2.24, 2.45) is 0 Å². The van der Waals surface area contributed by atoms with E-state index in [-0.39, 0.29) is 0 Å². The van der Waals surface area contributed by atoms with Gasteiger partial charge in [-0.15, -0.1) is 0 Å². The lowest BCUT2D eigenvalue weighted by atomic mass is 10.1. The van der Waals surface area contributed by atoms with E-state index in [0.717, 1.165) is 22.0 Å². The van der Waals surface area contributed by atoms with Gasteiger partial charge in [0.05, 0.1) is 13.2 Å². The third kappa shape index (κ3) is 2.63. The Hall–Kier alpha value is -1.17. The van der Waals surface area contributed by atoms with Crippen LogP contribution in [0, 0.1) is 11.7 Å². The van der Waals surface area contributed by atoms with Crippen molar-refractivity contribution in [3.63, 3.8) is 0 Å². The van der Waals surface area contributed by atoms with Gasteiger partial charge in [0.1, 0.15) is 0 Å². The second kappa shape index (κ2) is 5.65. The Kier molecular flexibility index (Phi) is 4.16. The highest BCUT2D eigenvalue weighted by Gasteiger charge is 2.09. The molecule has 1 heterocycles. The number of nitrogens with zero attached hydrogens (tertiary/aromatic N) is 2. The van der Waals surface area contributed by atoms with Gasteiger partial charge in [-0.2, -0.15) is 5.10 Å². The van der Waals surface area contributed by atoms with Gasteiger partial charge in [-0.05, 0) is 42.9 Å². The van der Waals surface area contributed by atoms with Crippen molar-refractivity contribution in [1.82, 2.24) is 14.8 Å². The average Bonchev–Trinajstić information content (AvgIpc) is 2.72. The van der Waals surface area contributed by atoms with Crippen LogP contribution in [0.3, 0.4) is 0 Å². The Labute approximate surface area is 116 Å². The summed E-state index contributed by atoms with van der Waals surface area (Å²) in [5, 5.41) is 7.81. The van der Waals surface area contributed by atoms with Crippen molar-refractivity contribution in [2.45, 2.75) is 13.5 Å². The Morgan fingerprint density at radius 3 is 2.94 bits per heavy atom. The van der Waals surface area contributed by atoms with Gasteiger partial charge in [0.25, 0.3) is 0 Å². The Morgan fingerprint density at radius 1 is 1.50 bits per heavy atom. The molecule has 0 saturated heterocycles. The number of ether oxygens (including phenoxy) is 1. The van der Waals surface area contributed by atoms with E-state index in [0.29, 0.717) is 17.9 Å². The summed E-state index contributed by atoms with van der Waals surface area (Å²) in [4.78, 5) is 0. The first-order chi connectivity index (χ1) is 8.63. The molecule has 0 aliphatic rings. The van der Waals surface area contributed by atoms with E-state index in [1.807, 2.05) is 29.7 Å². The molecule has 0 radical (unpaired) electrons. The van der Waals surface area contributed by atoms with E-state index in [1.165, 1.54) is 0 Å². The molecule has 18 heavy (non-hydrogen) atoms. The highest BCUT2D eigenvalue weighted by Crippen LogP contribution is 2.23. The van der Waals surface area contributed by atoms with Gasteiger partial charge >= 0.3 is 0 Å². The summed E-state index contributed by atoms with van der Waals surface area (Å²) in [6, 6.07) is 5.80. The molecule has 0 bridgehead atoms. The molecule has 0 fully saturated rings. The minimum Gasteiger partial charge on any atom is -0.383 e. The van der Waals surface area contributed by atoms with E-state index < -0.39 is 0 Å². The van der Waals surface area contributed by atoms with Crippen LogP contribution >= 0.6 is 23.8 Å². The Bertz CT molecular complexity index is 606. The summed E-state index contributed by atoms with van der Waals surface area (Å²) < 4.78 is 7.58. The van der Waals surface area contributed by atoms with Crippen LogP contribution in [-0.4, -0.2) is 28.5 Å². The third-order valence-electron chi connectivity index (χ3n) is 2.69. The molecule has 1 aromatic heterocycles. The number of aromatic nitrogens is 3. The molecular formula is C12H14ClN3OS. The number of methoxy groups -OCH3 is 1. The molecule has 4 nitrogen and oxygen atoms in total. The lowest BCUT2D eigenvalue weighted by Gasteiger charge is -2.07. The molecule has 2 aromatic rings. The van der Waals surface area contributed by atoms with E-state index >= 15 is 0 Å². The second-order valence-corrected chi connectivity index (χ2v) is 4.75. The van der Waals surface area contributed by atoms with Crippen LogP contribution in [0.5, 0.6) is 0 Å². The third-order valence-corrected chi connectivity index (χ3v) is 3.43. The van der Waals surface area contributed by atoms with E-state index in [1.54, 1.807) is 7.11 Å². The second-order valence-electron chi connectivity index (χ2n) is 3.96. The predicted octanol–water partition coefficient (Wildman–Crippen LogP) is 3.22. The zero-order valence-electron chi connectivity index (χ0n) is 10.2. The van der Waals surface area contributed by atoms with Gasteiger partial charge in [-0.1, -0.05) is 11.6 Å². The molecule has 2 rings (SSSR count). The first-order valence-corrected chi connectivity index (χ1v) is 6.32. The van der Waals surface area contributed by atoms with Crippen LogP contribution in [0.15, 0.2) is 18.2 Å². The average molecular weight is 284 g/mol. The number of hydrogen-bond donors (Lipinski definition) is 1. The fraction of sp³-hybridized carbons (Fsp3) is 0.333. The largest absolute Gasteiger partial charge is 0.383 e. The Balaban J connectivity index is 2.43. The highest BCUT2D eigenvalue weighted by atomic mass is 35.5. The van der Waals surface area contributed by atoms with Crippen LogP contribution in [0.1, 0.15) is 5.56 Å². The SMILES string of the molecule is COCCn1c(-c2ccc(Cl)c(C)c2)n[nH]c1=S. The summed E-state index contributed by atoms with van der Waals surface area (Å²) in [6.45, 7) is 3.23. The van der Waals surface area contributed by atoms with Gasteiger partial charge in [0.15, 0.2) is 10.6 Å². The Morgan fingerprint density at radius 2 is 2.28 bits per heavy atom. The molecule has 0 spiro atoms. The van der Waals surface area contributed by atoms with E-state index in [4.69, 9.17) is 28.6 Å². The summed E-state index contributed by atoms with van der Waals surface area (Å²) in [6.07, 6.45) is 0. The first kappa shape index (κ1) is 13.3. The quantitative estimate of drug-likeness (QED) is 0.876. The summed E-state index contributed by atoms with van der Waals surface area (Å²) in [7, 11) is 1.66. The predicted molar refractivity (Wildman–Crippen MR) is 74.5 cm³/mol. The van der Waals surface area contributed by atoms with Gasteiger partial charge in [-0.25, -0.2) is 0 Å². The number of H-pyrrole nitrogens is 1. The molecule has 0 aliphatic heterocycles. The van der Waals surface area contributed by atoms with Crippen LogP contribution in [0.25, 0.3) is 11.4 Å². The molecule has 0 aliphatic carbocycles. The fourth-order valence-electron chi connectivity index (χ4n) is 1.71. The van der Waals surface area contributed by atoms with Crippen molar-refractivity contribution < 1.29 is 4.74 Å². The minimum absolute atomic E-state index is 0.591. The maximum atomic E-state index is 6.02. The lowest BCUT2D eigenvalue weighted by molar-refractivity contribution is 0.187. The molecular weight excluding hydrogens is 270 g/mol. The van der Waals surface area contributed by atoms with Crippen molar-refractivity contribution in [3.05, 3.63) is 33.6 Å². The highest BCUT2D eigenvalue weighted by molar-refractivity contribution is 7.71. The van der Waals surface area contributed by atoms with Crippen LogP contribution < -0.4 is 0 Å². The lowest BCUT2D eigenvalue weighted by Crippen LogP contribution is -2.06. The number of nitrogens with one attached hydrogen (secondary N) is 1. The van der Waals surface area contributed by atoms with E-state index in [2.05, 4.69) is 10.2 Å². The van der Waals surface area contributed by atoms with Crippen LogP contribution in [0.2, 0.25) is 5.02 Å². The molecule has 0 saturated carbocycles. The van der Waals surface area contributed by atoms with Crippen LogP contribution in [-0.2, 0) is 11.3 Å². The minimum atomic E-state index is 0.591. The number of rotatable bonds is 4. The fourth-order valence-corrected chi connectivity index (χ4v) is 2.05. The zero-order valence-corrected chi connectivity index (χ0v) is 11.8. The number of benzene rings is 1. The molecule has 0 atom stereocenters. The van der Waals surface area contributed by atoms with Crippen LogP contribution in [0.4, 0.5) is 0 Å². The van der Waals surface area contributed by atoms with E-state index in [9.17, 15) is 0 Å². The summed E-state index contributed by atoms with van der Waals surface area (Å²) in [5.74, 6) is 0.803. The maximum Gasteiger partial charge on any atom is 0.195 e. The monoisotopic (exact) mass is 283 g/mol. The topological polar surface area (TPSA) is 42.8 Å². The molecule has 0 amide bonds. The van der Waals surface area contributed by atoms with Crippen molar-refractivity contribution in [2.75, 3.05) is 13.7 Å².